The summed E-state index contributed by atoms with van der Waals surface area (Å²) in [7, 11) is 0. The van der Waals surface area contributed by atoms with Crippen molar-refractivity contribution in [2.24, 2.45) is 10.8 Å². The van der Waals surface area contributed by atoms with Crippen molar-refractivity contribution in [3.8, 4) is 0 Å². The highest BCUT2D eigenvalue weighted by Gasteiger charge is 2.26. The Balaban J connectivity index is 2.29. The Bertz CT molecular complexity index is 529. The van der Waals surface area contributed by atoms with Gasteiger partial charge >= 0.3 is 5.97 Å². The van der Waals surface area contributed by atoms with Crippen LogP contribution in [0.3, 0.4) is 0 Å². The molecule has 0 spiro atoms. The Hall–Kier alpha value is -1.64. The van der Waals surface area contributed by atoms with Gasteiger partial charge in [0.05, 0.1) is 5.41 Å². The quantitative estimate of drug-likeness (QED) is 0.476. The number of carbonyl (C=O) groups excluding carboxylic acids is 1. The van der Waals surface area contributed by atoms with Crippen molar-refractivity contribution in [2.45, 2.75) is 86.0 Å². The van der Waals surface area contributed by atoms with E-state index in [-0.39, 0.29) is 11.2 Å². The third kappa shape index (κ3) is 7.72. The van der Waals surface area contributed by atoms with Gasteiger partial charge in [-0.25, -0.2) is 0 Å². The van der Waals surface area contributed by atoms with Crippen LogP contribution in [0.2, 0.25) is 0 Å². The average molecular weight is 361 g/mol. The van der Waals surface area contributed by atoms with Crippen LogP contribution in [0.1, 0.15) is 84.3 Å². The van der Waals surface area contributed by atoms with Crippen LogP contribution < -0.4 is 0 Å². The summed E-state index contributed by atoms with van der Waals surface area (Å²) in [6.45, 7) is 9.33. The van der Waals surface area contributed by atoms with Crippen LogP contribution in [0.25, 0.3) is 0 Å². The van der Waals surface area contributed by atoms with Gasteiger partial charge < -0.3 is 5.11 Å². The minimum Gasteiger partial charge on any atom is -0.481 e. The number of benzene rings is 1. The Kier molecular flexibility index (Phi) is 8.52. The fourth-order valence-electron chi connectivity index (χ4n) is 2.95. The SMILES string of the molecule is CC(=O)C(C)(C)CCCCc1ccc(CCCCC(C)(C)C(=O)O)cc1. The number of hydrogen-bond acceptors (Lipinski definition) is 2. The first-order valence-electron chi connectivity index (χ1n) is 9.87. The van der Waals surface area contributed by atoms with Gasteiger partial charge in [-0.15, -0.1) is 0 Å². The van der Waals surface area contributed by atoms with Crippen LogP contribution in [0.4, 0.5) is 0 Å². The van der Waals surface area contributed by atoms with Gasteiger partial charge in [0.2, 0.25) is 0 Å². The molecule has 1 rings (SSSR count). The zero-order valence-corrected chi connectivity index (χ0v) is 17.2. The number of unbranched alkanes of at least 4 members (excludes halogenated alkanes) is 2. The molecule has 0 aromatic heterocycles. The largest absolute Gasteiger partial charge is 0.481 e. The van der Waals surface area contributed by atoms with Crippen molar-refractivity contribution in [3.63, 3.8) is 0 Å². The minimum atomic E-state index is -0.714. The Morgan fingerprint density at radius 3 is 1.50 bits per heavy atom. The van der Waals surface area contributed by atoms with E-state index in [9.17, 15) is 9.59 Å². The number of aryl methyl sites for hydroxylation is 2. The second-order valence-electron chi connectivity index (χ2n) is 8.86. The number of Topliss-reactive ketones (excluding diaryl/α,β-unsaturated/α-hetero) is 1. The number of aliphatic carboxylic acids is 1. The summed E-state index contributed by atoms with van der Waals surface area (Å²) in [6, 6.07) is 8.79. The molecule has 0 bridgehead atoms. The Morgan fingerprint density at radius 1 is 0.769 bits per heavy atom. The first-order chi connectivity index (χ1) is 12.0. The second kappa shape index (κ2) is 9.89. The summed E-state index contributed by atoms with van der Waals surface area (Å²) in [5, 5.41) is 9.13. The van der Waals surface area contributed by atoms with Crippen LogP contribution in [0, 0.1) is 10.8 Å². The predicted octanol–water partition coefficient (Wildman–Crippen LogP) is 5.84. The molecule has 0 saturated heterocycles. The third-order valence-electron chi connectivity index (χ3n) is 5.59. The first-order valence-corrected chi connectivity index (χ1v) is 9.87. The lowest BCUT2D eigenvalue weighted by Gasteiger charge is -2.20. The van der Waals surface area contributed by atoms with Gasteiger partial charge in [0.25, 0.3) is 0 Å². The Labute approximate surface area is 159 Å². The highest BCUT2D eigenvalue weighted by Crippen LogP contribution is 2.25. The monoisotopic (exact) mass is 360 g/mol. The van der Waals surface area contributed by atoms with Crippen molar-refractivity contribution in [1.29, 1.82) is 0 Å². The van der Waals surface area contributed by atoms with Crippen LogP contribution in [0.15, 0.2) is 24.3 Å². The number of hydrogen-bond donors (Lipinski definition) is 1. The molecule has 0 aliphatic rings. The smallest absolute Gasteiger partial charge is 0.309 e. The molecule has 3 heteroatoms. The van der Waals surface area contributed by atoms with Crippen molar-refractivity contribution >= 4 is 11.8 Å². The maximum Gasteiger partial charge on any atom is 0.309 e. The predicted molar refractivity (Wildman–Crippen MR) is 107 cm³/mol. The minimum absolute atomic E-state index is 0.195. The molecule has 0 aliphatic heterocycles. The molecule has 0 radical (unpaired) electrons. The number of rotatable bonds is 12. The number of carbonyl (C=O) groups is 2. The lowest BCUT2D eigenvalue weighted by Crippen LogP contribution is -2.23. The van der Waals surface area contributed by atoms with Gasteiger partial charge in [-0.1, -0.05) is 51.0 Å². The maximum absolute atomic E-state index is 11.5. The number of carboxylic acids is 1. The van der Waals surface area contributed by atoms with Gasteiger partial charge in [-0.2, -0.15) is 0 Å². The molecule has 0 heterocycles. The van der Waals surface area contributed by atoms with Crippen LogP contribution >= 0.6 is 0 Å². The molecule has 26 heavy (non-hydrogen) atoms. The van der Waals surface area contributed by atoms with Gasteiger partial charge in [0.1, 0.15) is 5.78 Å². The molecule has 0 atom stereocenters. The molecule has 0 fully saturated rings. The van der Waals surface area contributed by atoms with Gasteiger partial charge in [0.15, 0.2) is 0 Å². The summed E-state index contributed by atoms with van der Waals surface area (Å²) in [5.74, 6) is -0.442. The van der Waals surface area contributed by atoms with Crippen molar-refractivity contribution in [2.75, 3.05) is 0 Å². The molecule has 3 nitrogen and oxygen atoms in total. The highest BCUT2D eigenvalue weighted by atomic mass is 16.4. The summed E-state index contributed by atoms with van der Waals surface area (Å²) in [6.07, 6.45) is 7.88. The van der Waals surface area contributed by atoms with E-state index < -0.39 is 11.4 Å². The van der Waals surface area contributed by atoms with Crippen LogP contribution in [0.5, 0.6) is 0 Å². The molecule has 0 saturated carbocycles. The third-order valence-corrected chi connectivity index (χ3v) is 5.59. The second-order valence-corrected chi connectivity index (χ2v) is 8.86. The zero-order chi connectivity index (χ0) is 19.8. The average Bonchev–Trinajstić information content (AvgIpc) is 2.56. The van der Waals surface area contributed by atoms with Crippen LogP contribution in [-0.2, 0) is 22.4 Å². The molecule has 0 amide bonds. The van der Waals surface area contributed by atoms with Gasteiger partial charge in [-0.3, -0.25) is 9.59 Å². The topological polar surface area (TPSA) is 54.4 Å². The van der Waals surface area contributed by atoms with E-state index in [0.29, 0.717) is 0 Å². The molecule has 0 aliphatic carbocycles. The molecular weight excluding hydrogens is 324 g/mol. The number of ketones is 1. The fourth-order valence-corrected chi connectivity index (χ4v) is 2.95. The summed E-state index contributed by atoms with van der Waals surface area (Å²) >= 11 is 0. The van der Waals surface area contributed by atoms with E-state index in [1.807, 2.05) is 13.8 Å². The lowest BCUT2D eigenvalue weighted by molar-refractivity contribution is -0.147. The van der Waals surface area contributed by atoms with Crippen molar-refractivity contribution in [3.05, 3.63) is 35.4 Å². The molecule has 1 aromatic carbocycles. The normalized spacial score (nSPS) is 12.2. The zero-order valence-electron chi connectivity index (χ0n) is 17.2. The number of carboxylic acid groups (broad SMARTS) is 1. The lowest BCUT2D eigenvalue weighted by atomic mass is 9.83. The van der Waals surface area contributed by atoms with E-state index in [1.54, 1.807) is 20.8 Å². The Morgan fingerprint density at radius 2 is 1.15 bits per heavy atom. The van der Waals surface area contributed by atoms with Gasteiger partial charge in [0, 0.05) is 5.41 Å². The molecule has 0 unspecified atom stereocenters. The summed E-state index contributed by atoms with van der Waals surface area (Å²) < 4.78 is 0. The molecule has 1 N–H and O–H groups in total. The van der Waals surface area contributed by atoms with E-state index in [1.165, 1.54) is 11.1 Å². The van der Waals surface area contributed by atoms with Crippen LogP contribution in [-0.4, -0.2) is 16.9 Å². The first kappa shape index (κ1) is 22.4. The van der Waals surface area contributed by atoms with Gasteiger partial charge in [-0.05, 0) is 70.4 Å². The van der Waals surface area contributed by atoms with E-state index in [0.717, 1.165) is 51.4 Å². The van der Waals surface area contributed by atoms with E-state index in [2.05, 4.69) is 24.3 Å². The molecule has 146 valence electrons. The summed E-state index contributed by atoms with van der Waals surface area (Å²) in [4.78, 5) is 22.6. The van der Waals surface area contributed by atoms with E-state index >= 15 is 0 Å². The van der Waals surface area contributed by atoms with Crippen molar-refractivity contribution in [1.82, 2.24) is 0 Å². The van der Waals surface area contributed by atoms with E-state index in [4.69, 9.17) is 5.11 Å². The highest BCUT2D eigenvalue weighted by molar-refractivity contribution is 5.81. The maximum atomic E-state index is 11.5. The fraction of sp³-hybridized carbons (Fsp3) is 0.652. The summed E-state index contributed by atoms with van der Waals surface area (Å²) in [5.41, 5.74) is 1.85. The molecule has 1 aromatic rings. The standard InChI is InChI=1S/C23H36O3/c1-18(24)22(2,3)16-8-6-10-19-12-14-20(15-13-19)11-7-9-17-23(4,5)21(25)26/h12-15H,6-11,16-17H2,1-5H3,(H,25,26). The van der Waals surface area contributed by atoms with Crippen molar-refractivity contribution < 1.29 is 14.7 Å². The molecular formula is C23H36O3.